The number of amides is 1. The minimum Gasteiger partial charge on any atom is -0.334 e. The molecule has 0 unspecified atom stereocenters. The van der Waals surface area contributed by atoms with Gasteiger partial charge in [-0.05, 0) is 55.8 Å². The molecule has 0 saturated carbocycles. The van der Waals surface area contributed by atoms with Crippen LogP contribution in [0.5, 0.6) is 0 Å². The van der Waals surface area contributed by atoms with Crippen molar-refractivity contribution in [1.29, 1.82) is 0 Å². The molecule has 1 amide bonds. The van der Waals surface area contributed by atoms with E-state index in [2.05, 4.69) is 15.5 Å². The van der Waals surface area contributed by atoms with Crippen molar-refractivity contribution in [1.82, 2.24) is 10.1 Å². The molecule has 1 N–H and O–H groups in total. The van der Waals surface area contributed by atoms with Gasteiger partial charge in [-0.25, -0.2) is 0 Å². The molecule has 2 aromatic carbocycles. The van der Waals surface area contributed by atoms with E-state index in [4.69, 9.17) is 16.1 Å². The molecular formula is C17H14ClN3O2. The largest absolute Gasteiger partial charge is 0.334 e. The lowest BCUT2D eigenvalue weighted by Gasteiger charge is -2.09. The van der Waals surface area contributed by atoms with E-state index in [1.54, 1.807) is 43.3 Å². The van der Waals surface area contributed by atoms with Crippen molar-refractivity contribution >= 4 is 23.2 Å². The summed E-state index contributed by atoms with van der Waals surface area (Å²) in [6, 6.07) is 12.3. The first-order valence-corrected chi connectivity index (χ1v) is 7.39. The molecule has 23 heavy (non-hydrogen) atoms. The van der Waals surface area contributed by atoms with Crippen molar-refractivity contribution in [3.63, 3.8) is 0 Å². The highest BCUT2D eigenvalue weighted by molar-refractivity contribution is 6.31. The van der Waals surface area contributed by atoms with Crippen LogP contribution >= 0.6 is 11.6 Å². The molecule has 1 heterocycles. The molecule has 0 fully saturated rings. The van der Waals surface area contributed by atoms with Crippen LogP contribution in [-0.2, 0) is 0 Å². The monoisotopic (exact) mass is 327 g/mol. The number of halogens is 1. The molecule has 1 aromatic heterocycles. The van der Waals surface area contributed by atoms with Gasteiger partial charge >= 0.3 is 0 Å². The van der Waals surface area contributed by atoms with Crippen LogP contribution in [0.15, 0.2) is 47.0 Å². The Hall–Kier alpha value is -2.66. The molecule has 0 atom stereocenters. The van der Waals surface area contributed by atoms with Gasteiger partial charge in [0.25, 0.3) is 11.8 Å². The highest BCUT2D eigenvalue weighted by Crippen LogP contribution is 2.22. The number of aryl methyl sites for hydroxylation is 2. The van der Waals surface area contributed by atoms with Crippen molar-refractivity contribution in [2.24, 2.45) is 0 Å². The number of aromatic nitrogens is 2. The van der Waals surface area contributed by atoms with Gasteiger partial charge in [0.2, 0.25) is 0 Å². The van der Waals surface area contributed by atoms with Gasteiger partial charge in [-0.1, -0.05) is 22.8 Å². The second-order valence-corrected chi connectivity index (χ2v) is 5.57. The van der Waals surface area contributed by atoms with E-state index in [9.17, 15) is 4.79 Å². The van der Waals surface area contributed by atoms with Crippen molar-refractivity contribution in [2.75, 3.05) is 5.32 Å². The highest BCUT2D eigenvalue weighted by atomic mass is 35.5. The van der Waals surface area contributed by atoms with Crippen molar-refractivity contribution in [3.05, 3.63) is 64.4 Å². The molecule has 0 spiro atoms. The molecule has 3 aromatic rings. The number of carbonyl (C=O) groups is 1. The Balaban J connectivity index is 1.79. The Morgan fingerprint density at radius 3 is 2.52 bits per heavy atom. The van der Waals surface area contributed by atoms with Gasteiger partial charge in [-0.3, -0.25) is 4.79 Å². The SMILES string of the molecule is Cc1noc(-c2ccc(C(=O)Nc3cc(Cl)ccc3C)cc2)n1. The van der Waals surface area contributed by atoms with Gasteiger partial charge in [0.05, 0.1) is 0 Å². The van der Waals surface area contributed by atoms with Crippen LogP contribution in [-0.4, -0.2) is 16.0 Å². The number of rotatable bonds is 3. The molecule has 0 aliphatic carbocycles. The molecule has 116 valence electrons. The lowest BCUT2D eigenvalue weighted by molar-refractivity contribution is 0.102. The third-order valence-electron chi connectivity index (χ3n) is 3.37. The number of nitrogens with one attached hydrogen (secondary N) is 1. The summed E-state index contributed by atoms with van der Waals surface area (Å²) in [5, 5.41) is 7.18. The maximum atomic E-state index is 12.3. The fourth-order valence-electron chi connectivity index (χ4n) is 2.10. The topological polar surface area (TPSA) is 68.0 Å². The number of nitrogens with zero attached hydrogens (tertiary/aromatic N) is 2. The average Bonchev–Trinajstić information content (AvgIpc) is 2.97. The fourth-order valence-corrected chi connectivity index (χ4v) is 2.27. The predicted octanol–water partition coefficient (Wildman–Crippen LogP) is 4.26. The summed E-state index contributed by atoms with van der Waals surface area (Å²) in [5.41, 5.74) is 2.94. The quantitative estimate of drug-likeness (QED) is 0.780. The summed E-state index contributed by atoms with van der Waals surface area (Å²) in [6.07, 6.45) is 0. The summed E-state index contributed by atoms with van der Waals surface area (Å²) < 4.78 is 5.10. The number of benzene rings is 2. The molecule has 3 rings (SSSR count). The van der Waals surface area contributed by atoms with Crippen LogP contribution in [0.1, 0.15) is 21.7 Å². The van der Waals surface area contributed by atoms with E-state index >= 15 is 0 Å². The Bertz CT molecular complexity index is 857. The number of hydrogen-bond acceptors (Lipinski definition) is 4. The second kappa shape index (κ2) is 6.22. The molecule has 5 nitrogen and oxygen atoms in total. The Labute approximate surface area is 138 Å². The Kier molecular flexibility index (Phi) is 4.12. The van der Waals surface area contributed by atoms with Crippen LogP contribution in [0.2, 0.25) is 5.02 Å². The third kappa shape index (κ3) is 3.40. The Morgan fingerprint density at radius 2 is 1.87 bits per heavy atom. The lowest BCUT2D eigenvalue weighted by Crippen LogP contribution is -2.12. The standard InChI is InChI=1S/C17H14ClN3O2/c1-10-3-8-14(18)9-15(10)20-16(22)12-4-6-13(7-5-12)17-19-11(2)21-23-17/h3-9H,1-2H3,(H,20,22). The number of hydrogen-bond donors (Lipinski definition) is 1. The van der Waals surface area contributed by atoms with E-state index in [0.29, 0.717) is 28.0 Å². The first-order chi connectivity index (χ1) is 11.0. The smallest absolute Gasteiger partial charge is 0.257 e. The average molecular weight is 328 g/mol. The molecule has 6 heteroatoms. The number of anilines is 1. The van der Waals surface area contributed by atoms with Crippen LogP contribution in [0.3, 0.4) is 0 Å². The van der Waals surface area contributed by atoms with Gasteiger partial charge in [0.1, 0.15) is 0 Å². The van der Waals surface area contributed by atoms with Crippen molar-refractivity contribution < 1.29 is 9.32 Å². The minimum absolute atomic E-state index is 0.205. The van der Waals surface area contributed by atoms with Gasteiger partial charge in [-0.2, -0.15) is 4.98 Å². The van der Waals surface area contributed by atoms with E-state index in [1.165, 1.54) is 0 Å². The highest BCUT2D eigenvalue weighted by Gasteiger charge is 2.10. The van der Waals surface area contributed by atoms with Crippen molar-refractivity contribution in [3.8, 4) is 11.5 Å². The summed E-state index contributed by atoms with van der Waals surface area (Å²) >= 11 is 5.96. The van der Waals surface area contributed by atoms with Gasteiger partial charge in [-0.15, -0.1) is 0 Å². The maximum absolute atomic E-state index is 12.3. The summed E-state index contributed by atoms with van der Waals surface area (Å²) in [4.78, 5) is 16.5. The summed E-state index contributed by atoms with van der Waals surface area (Å²) in [7, 11) is 0. The zero-order chi connectivity index (χ0) is 16.4. The lowest BCUT2D eigenvalue weighted by atomic mass is 10.1. The maximum Gasteiger partial charge on any atom is 0.257 e. The van der Waals surface area contributed by atoms with E-state index in [1.807, 2.05) is 13.0 Å². The fraction of sp³-hybridized carbons (Fsp3) is 0.118. The minimum atomic E-state index is -0.205. The van der Waals surface area contributed by atoms with E-state index < -0.39 is 0 Å². The number of carbonyl (C=O) groups excluding carboxylic acids is 1. The summed E-state index contributed by atoms with van der Waals surface area (Å²) in [6.45, 7) is 3.66. The predicted molar refractivity (Wildman–Crippen MR) is 88.6 cm³/mol. The van der Waals surface area contributed by atoms with Gasteiger partial charge in [0, 0.05) is 21.8 Å². The molecule has 0 aliphatic heterocycles. The molecule has 0 aliphatic rings. The molecular weight excluding hydrogens is 314 g/mol. The van der Waals surface area contributed by atoms with E-state index in [0.717, 1.165) is 11.1 Å². The third-order valence-corrected chi connectivity index (χ3v) is 3.60. The molecule has 0 saturated heterocycles. The molecule has 0 radical (unpaired) electrons. The van der Waals surface area contributed by atoms with Crippen LogP contribution < -0.4 is 5.32 Å². The second-order valence-electron chi connectivity index (χ2n) is 5.14. The van der Waals surface area contributed by atoms with Crippen molar-refractivity contribution in [2.45, 2.75) is 13.8 Å². The van der Waals surface area contributed by atoms with Gasteiger partial charge in [0.15, 0.2) is 5.82 Å². The van der Waals surface area contributed by atoms with E-state index in [-0.39, 0.29) is 5.91 Å². The Morgan fingerprint density at radius 1 is 1.13 bits per heavy atom. The van der Waals surface area contributed by atoms with Crippen LogP contribution in [0.25, 0.3) is 11.5 Å². The molecule has 0 bridgehead atoms. The van der Waals surface area contributed by atoms with Gasteiger partial charge < -0.3 is 9.84 Å². The first kappa shape index (κ1) is 15.2. The zero-order valence-electron chi connectivity index (χ0n) is 12.6. The van der Waals surface area contributed by atoms with Crippen LogP contribution in [0.4, 0.5) is 5.69 Å². The summed E-state index contributed by atoms with van der Waals surface area (Å²) in [5.74, 6) is 0.794. The normalized spacial score (nSPS) is 10.6. The first-order valence-electron chi connectivity index (χ1n) is 7.01. The zero-order valence-corrected chi connectivity index (χ0v) is 13.4. The van der Waals surface area contributed by atoms with Crippen LogP contribution in [0, 0.1) is 13.8 Å².